The highest BCUT2D eigenvalue weighted by molar-refractivity contribution is 5.58. The van der Waals surface area contributed by atoms with Gasteiger partial charge in [-0.3, -0.25) is 4.98 Å². The van der Waals surface area contributed by atoms with Crippen molar-refractivity contribution in [3.05, 3.63) is 54.7 Å². The minimum absolute atomic E-state index is 0.250. The molecule has 2 rings (SSSR count). The molecule has 2 nitrogen and oxygen atoms in total. The van der Waals surface area contributed by atoms with Crippen LogP contribution in [0.5, 0.6) is 0 Å². The Morgan fingerprint density at radius 3 is 2.13 bits per heavy atom. The van der Waals surface area contributed by atoms with Gasteiger partial charge in [-0.1, -0.05) is 36.4 Å². The third-order valence-corrected chi connectivity index (χ3v) is 1.73. The molecule has 15 heavy (non-hydrogen) atoms. The van der Waals surface area contributed by atoms with Crippen LogP contribution < -0.4 is 0 Å². The Balaban J connectivity index is 0.000000337. The van der Waals surface area contributed by atoms with E-state index < -0.39 is 0 Å². The number of aromatic nitrogens is 1. The van der Waals surface area contributed by atoms with Gasteiger partial charge in [-0.25, -0.2) is 0 Å². The molecule has 1 aromatic heterocycles. The van der Waals surface area contributed by atoms with E-state index in [1.54, 1.807) is 6.92 Å². The van der Waals surface area contributed by atoms with Crippen LogP contribution in [0.2, 0.25) is 0 Å². The summed E-state index contributed by atoms with van der Waals surface area (Å²) in [7, 11) is 0. The fraction of sp³-hybridized carbons (Fsp3) is 0.154. The number of hydrogen-bond donors (Lipinski definition) is 1. The Bertz CT molecular complexity index is 321. The van der Waals surface area contributed by atoms with Gasteiger partial charge in [0.2, 0.25) is 0 Å². The van der Waals surface area contributed by atoms with Gasteiger partial charge in [0.15, 0.2) is 0 Å². The lowest BCUT2D eigenvalue weighted by molar-refractivity contribution is 0.318. The van der Waals surface area contributed by atoms with Gasteiger partial charge in [0, 0.05) is 18.4 Å². The second kappa shape index (κ2) is 6.74. The van der Waals surface area contributed by atoms with E-state index in [-0.39, 0.29) is 6.61 Å². The van der Waals surface area contributed by atoms with E-state index in [1.807, 2.05) is 42.6 Å². The van der Waals surface area contributed by atoms with Gasteiger partial charge in [0.1, 0.15) is 0 Å². The van der Waals surface area contributed by atoms with Gasteiger partial charge in [-0.05, 0) is 19.1 Å². The highest BCUT2D eigenvalue weighted by Gasteiger charge is 1.93. The molecule has 0 aliphatic rings. The van der Waals surface area contributed by atoms with E-state index in [1.165, 1.54) is 0 Å². The monoisotopic (exact) mass is 201 g/mol. The number of benzene rings is 1. The second-order valence-electron chi connectivity index (χ2n) is 2.90. The Morgan fingerprint density at radius 2 is 1.60 bits per heavy atom. The van der Waals surface area contributed by atoms with E-state index >= 15 is 0 Å². The van der Waals surface area contributed by atoms with Crippen molar-refractivity contribution in [2.45, 2.75) is 6.92 Å². The molecule has 0 saturated carbocycles. The van der Waals surface area contributed by atoms with Gasteiger partial charge >= 0.3 is 0 Å². The van der Waals surface area contributed by atoms with E-state index in [0.29, 0.717) is 0 Å². The predicted molar refractivity (Wildman–Crippen MR) is 62.4 cm³/mol. The Labute approximate surface area is 90.2 Å². The summed E-state index contributed by atoms with van der Waals surface area (Å²) in [5.74, 6) is 0. The number of aliphatic hydroxyl groups excluding tert-OH is 1. The molecule has 0 spiro atoms. The number of rotatable bonds is 1. The maximum atomic E-state index is 7.57. The zero-order valence-electron chi connectivity index (χ0n) is 8.80. The van der Waals surface area contributed by atoms with Crippen LogP contribution in [-0.4, -0.2) is 16.7 Å². The van der Waals surface area contributed by atoms with Crippen molar-refractivity contribution in [3.8, 4) is 11.3 Å². The topological polar surface area (TPSA) is 33.1 Å². The summed E-state index contributed by atoms with van der Waals surface area (Å²) in [5, 5.41) is 7.57. The first-order chi connectivity index (χ1) is 7.38. The molecule has 1 heterocycles. The Morgan fingerprint density at radius 1 is 1.00 bits per heavy atom. The van der Waals surface area contributed by atoms with Gasteiger partial charge in [-0.15, -0.1) is 0 Å². The first-order valence-electron chi connectivity index (χ1n) is 4.95. The Kier molecular flexibility index (Phi) is 5.12. The molecule has 0 radical (unpaired) electrons. The maximum absolute atomic E-state index is 7.57. The molecular weight excluding hydrogens is 186 g/mol. The SMILES string of the molecule is CCO.c1ccc(-c2ccccn2)cc1. The predicted octanol–water partition coefficient (Wildman–Crippen LogP) is 2.75. The number of nitrogens with zero attached hydrogens (tertiary/aromatic N) is 1. The van der Waals surface area contributed by atoms with Crippen molar-refractivity contribution < 1.29 is 5.11 Å². The van der Waals surface area contributed by atoms with Crippen LogP contribution in [0.1, 0.15) is 6.92 Å². The molecule has 78 valence electrons. The summed E-state index contributed by atoms with van der Waals surface area (Å²) in [4.78, 5) is 4.25. The van der Waals surface area contributed by atoms with Crippen molar-refractivity contribution in [1.29, 1.82) is 0 Å². The molecule has 2 heteroatoms. The summed E-state index contributed by atoms with van der Waals surface area (Å²) in [6.45, 7) is 1.93. The molecule has 0 aliphatic carbocycles. The number of aliphatic hydroxyl groups is 1. The van der Waals surface area contributed by atoms with E-state index in [4.69, 9.17) is 5.11 Å². The van der Waals surface area contributed by atoms with Crippen molar-refractivity contribution in [2.24, 2.45) is 0 Å². The molecule has 1 N–H and O–H groups in total. The fourth-order valence-corrected chi connectivity index (χ4v) is 1.14. The number of hydrogen-bond acceptors (Lipinski definition) is 2. The van der Waals surface area contributed by atoms with Gasteiger partial charge < -0.3 is 5.11 Å². The van der Waals surface area contributed by atoms with Crippen molar-refractivity contribution in [1.82, 2.24) is 4.98 Å². The van der Waals surface area contributed by atoms with Crippen LogP contribution in [0.3, 0.4) is 0 Å². The third-order valence-electron chi connectivity index (χ3n) is 1.73. The molecule has 0 amide bonds. The average Bonchev–Trinajstić information content (AvgIpc) is 2.32. The highest BCUT2D eigenvalue weighted by Crippen LogP contribution is 2.14. The lowest BCUT2D eigenvalue weighted by atomic mass is 10.1. The molecule has 2 aromatic rings. The van der Waals surface area contributed by atoms with Crippen LogP contribution >= 0.6 is 0 Å². The minimum atomic E-state index is 0.250. The number of pyridine rings is 1. The molecule has 0 saturated heterocycles. The molecule has 0 bridgehead atoms. The quantitative estimate of drug-likeness (QED) is 0.769. The van der Waals surface area contributed by atoms with Crippen LogP contribution in [0.15, 0.2) is 54.7 Å². The maximum Gasteiger partial charge on any atom is 0.0701 e. The largest absolute Gasteiger partial charge is 0.397 e. The van der Waals surface area contributed by atoms with Crippen LogP contribution in [-0.2, 0) is 0 Å². The minimum Gasteiger partial charge on any atom is -0.397 e. The smallest absolute Gasteiger partial charge is 0.0701 e. The van der Waals surface area contributed by atoms with E-state index in [0.717, 1.165) is 11.3 Å². The summed E-state index contributed by atoms with van der Waals surface area (Å²) < 4.78 is 0. The normalized spacial score (nSPS) is 8.93. The second-order valence-corrected chi connectivity index (χ2v) is 2.90. The average molecular weight is 201 g/mol. The van der Waals surface area contributed by atoms with E-state index in [9.17, 15) is 0 Å². The summed E-state index contributed by atoms with van der Waals surface area (Å²) in [6, 6.07) is 16.1. The van der Waals surface area contributed by atoms with Gasteiger partial charge in [-0.2, -0.15) is 0 Å². The Hall–Kier alpha value is -1.67. The summed E-state index contributed by atoms with van der Waals surface area (Å²) >= 11 is 0. The van der Waals surface area contributed by atoms with Crippen molar-refractivity contribution in [2.75, 3.05) is 6.61 Å². The zero-order valence-corrected chi connectivity index (χ0v) is 8.80. The van der Waals surface area contributed by atoms with Crippen LogP contribution in [0, 0.1) is 0 Å². The first-order valence-corrected chi connectivity index (χ1v) is 4.95. The molecular formula is C13H15NO. The summed E-state index contributed by atoms with van der Waals surface area (Å²) in [5.41, 5.74) is 2.19. The molecule has 1 aromatic carbocycles. The first kappa shape index (κ1) is 11.4. The molecule has 0 unspecified atom stereocenters. The van der Waals surface area contributed by atoms with Crippen molar-refractivity contribution >= 4 is 0 Å². The van der Waals surface area contributed by atoms with Crippen molar-refractivity contribution in [3.63, 3.8) is 0 Å². The molecule has 0 fully saturated rings. The lowest BCUT2D eigenvalue weighted by Gasteiger charge is -1.97. The molecule has 0 aliphatic heterocycles. The third kappa shape index (κ3) is 3.92. The fourth-order valence-electron chi connectivity index (χ4n) is 1.14. The van der Waals surface area contributed by atoms with Gasteiger partial charge in [0.05, 0.1) is 5.69 Å². The van der Waals surface area contributed by atoms with Crippen LogP contribution in [0.25, 0.3) is 11.3 Å². The van der Waals surface area contributed by atoms with E-state index in [2.05, 4.69) is 17.1 Å². The zero-order chi connectivity index (χ0) is 10.9. The van der Waals surface area contributed by atoms with Gasteiger partial charge in [0.25, 0.3) is 0 Å². The summed E-state index contributed by atoms with van der Waals surface area (Å²) in [6.07, 6.45) is 1.81. The standard InChI is InChI=1S/C11H9N.C2H6O/c1-2-6-10(7-3-1)11-8-4-5-9-12-11;1-2-3/h1-9H;3H,2H2,1H3. The van der Waals surface area contributed by atoms with Crippen LogP contribution in [0.4, 0.5) is 0 Å². The lowest BCUT2D eigenvalue weighted by Crippen LogP contribution is -1.79. The molecule has 0 atom stereocenters. The highest BCUT2D eigenvalue weighted by atomic mass is 16.2.